The summed E-state index contributed by atoms with van der Waals surface area (Å²) in [6, 6.07) is 1.86. The molecule has 0 aliphatic rings. The Labute approximate surface area is 66.3 Å². The number of aromatic nitrogens is 1. The topological polar surface area (TPSA) is 34.2 Å². The monoisotopic (exact) mass is 155 g/mol. The Balaban J connectivity index is 2.62. The number of hydrogen-bond donors (Lipinski definition) is 1. The zero-order valence-corrected chi connectivity index (χ0v) is 6.89. The lowest BCUT2D eigenvalue weighted by Gasteiger charge is -2.04. The van der Waals surface area contributed by atoms with Gasteiger partial charge in [-0.3, -0.25) is 0 Å². The highest BCUT2D eigenvalue weighted by Crippen LogP contribution is 2.24. The standard InChI is InChI=1S/C8H13NO2/c1-3-10-7-5-6-9-8(7)11-4-2/h5-6,9H,3-4H2,1-2H3. The largest absolute Gasteiger partial charge is 0.488 e. The fourth-order valence-corrected chi connectivity index (χ4v) is 0.866. The number of H-pyrrole nitrogens is 1. The van der Waals surface area contributed by atoms with Crippen molar-refractivity contribution in [2.75, 3.05) is 13.2 Å². The van der Waals surface area contributed by atoms with Crippen molar-refractivity contribution in [3.63, 3.8) is 0 Å². The lowest BCUT2D eigenvalue weighted by atomic mass is 10.5. The lowest BCUT2D eigenvalue weighted by molar-refractivity contribution is 0.282. The normalized spacial score (nSPS) is 9.64. The van der Waals surface area contributed by atoms with Crippen molar-refractivity contribution in [1.82, 2.24) is 4.98 Å². The Bertz CT molecular complexity index is 187. The molecule has 1 aromatic rings. The first kappa shape index (κ1) is 7.98. The SMILES string of the molecule is CCOc1cc[nH]c1OCC. The zero-order chi connectivity index (χ0) is 8.10. The van der Waals surface area contributed by atoms with Gasteiger partial charge in [-0.15, -0.1) is 0 Å². The summed E-state index contributed by atoms with van der Waals surface area (Å²) < 4.78 is 10.5. The second-order valence-corrected chi connectivity index (χ2v) is 2.04. The molecule has 0 amide bonds. The molecule has 0 saturated carbocycles. The Morgan fingerprint density at radius 3 is 2.64 bits per heavy atom. The van der Waals surface area contributed by atoms with Gasteiger partial charge in [0.1, 0.15) is 0 Å². The maximum absolute atomic E-state index is 5.27. The molecule has 0 aliphatic carbocycles. The van der Waals surface area contributed by atoms with E-state index in [2.05, 4.69) is 4.98 Å². The highest BCUT2D eigenvalue weighted by molar-refractivity contribution is 5.33. The van der Waals surface area contributed by atoms with Gasteiger partial charge in [0.15, 0.2) is 5.75 Å². The minimum atomic E-state index is 0.653. The minimum absolute atomic E-state index is 0.653. The van der Waals surface area contributed by atoms with E-state index in [1.54, 1.807) is 6.20 Å². The highest BCUT2D eigenvalue weighted by atomic mass is 16.5. The molecule has 3 nitrogen and oxygen atoms in total. The smallest absolute Gasteiger partial charge is 0.234 e. The summed E-state index contributed by atoms with van der Waals surface area (Å²) in [5, 5.41) is 0. The maximum atomic E-state index is 5.27. The van der Waals surface area contributed by atoms with E-state index in [9.17, 15) is 0 Å². The third kappa shape index (κ3) is 1.90. The Hall–Kier alpha value is -1.12. The van der Waals surface area contributed by atoms with Crippen LogP contribution in [0.4, 0.5) is 0 Å². The van der Waals surface area contributed by atoms with Crippen molar-refractivity contribution in [3.8, 4) is 11.6 Å². The van der Waals surface area contributed by atoms with Crippen molar-refractivity contribution in [2.24, 2.45) is 0 Å². The lowest BCUT2D eigenvalue weighted by Crippen LogP contribution is -1.96. The van der Waals surface area contributed by atoms with E-state index in [4.69, 9.17) is 9.47 Å². The van der Waals surface area contributed by atoms with Crippen LogP contribution >= 0.6 is 0 Å². The van der Waals surface area contributed by atoms with Crippen molar-refractivity contribution in [1.29, 1.82) is 0 Å². The van der Waals surface area contributed by atoms with Crippen molar-refractivity contribution < 1.29 is 9.47 Å². The van der Waals surface area contributed by atoms with Crippen LogP contribution in [0.2, 0.25) is 0 Å². The molecule has 1 rings (SSSR count). The predicted molar refractivity (Wildman–Crippen MR) is 43.1 cm³/mol. The van der Waals surface area contributed by atoms with E-state index in [-0.39, 0.29) is 0 Å². The first-order valence-corrected chi connectivity index (χ1v) is 3.81. The molecule has 3 heteroatoms. The average Bonchev–Trinajstić information content (AvgIpc) is 2.39. The van der Waals surface area contributed by atoms with Crippen LogP contribution in [0.25, 0.3) is 0 Å². The van der Waals surface area contributed by atoms with E-state index in [1.165, 1.54) is 0 Å². The van der Waals surface area contributed by atoms with Crippen molar-refractivity contribution in [3.05, 3.63) is 12.3 Å². The summed E-state index contributed by atoms with van der Waals surface area (Å²) in [7, 11) is 0. The molecule has 0 fully saturated rings. The van der Waals surface area contributed by atoms with Gasteiger partial charge >= 0.3 is 0 Å². The van der Waals surface area contributed by atoms with Gasteiger partial charge in [0.2, 0.25) is 5.88 Å². The van der Waals surface area contributed by atoms with Gasteiger partial charge < -0.3 is 14.5 Å². The Kier molecular flexibility index (Phi) is 2.83. The van der Waals surface area contributed by atoms with Crippen LogP contribution in [0.15, 0.2) is 12.3 Å². The number of nitrogens with one attached hydrogen (secondary N) is 1. The maximum Gasteiger partial charge on any atom is 0.234 e. The average molecular weight is 155 g/mol. The molecule has 0 spiro atoms. The first-order valence-electron chi connectivity index (χ1n) is 3.81. The number of hydrogen-bond acceptors (Lipinski definition) is 2. The number of aromatic amines is 1. The van der Waals surface area contributed by atoms with Crippen LogP contribution < -0.4 is 9.47 Å². The number of ether oxygens (including phenoxy) is 2. The van der Waals surface area contributed by atoms with Crippen LogP contribution in [0, 0.1) is 0 Å². The Morgan fingerprint density at radius 1 is 1.27 bits per heavy atom. The summed E-state index contributed by atoms with van der Waals surface area (Å²) in [6.45, 7) is 5.21. The zero-order valence-electron chi connectivity index (χ0n) is 6.89. The van der Waals surface area contributed by atoms with Crippen LogP contribution in [-0.4, -0.2) is 18.2 Å². The van der Waals surface area contributed by atoms with E-state index in [0.29, 0.717) is 19.1 Å². The summed E-state index contributed by atoms with van der Waals surface area (Å²) >= 11 is 0. The molecule has 0 radical (unpaired) electrons. The first-order chi connectivity index (χ1) is 5.38. The van der Waals surface area contributed by atoms with E-state index >= 15 is 0 Å². The van der Waals surface area contributed by atoms with Crippen molar-refractivity contribution in [2.45, 2.75) is 13.8 Å². The summed E-state index contributed by atoms with van der Waals surface area (Å²) in [6.07, 6.45) is 1.80. The molecule has 11 heavy (non-hydrogen) atoms. The minimum Gasteiger partial charge on any atom is -0.488 e. The van der Waals surface area contributed by atoms with Crippen LogP contribution in [0.3, 0.4) is 0 Å². The Morgan fingerprint density at radius 2 is 2.00 bits per heavy atom. The molecule has 62 valence electrons. The van der Waals surface area contributed by atoms with Gasteiger partial charge in [0, 0.05) is 12.3 Å². The van der Waals surface area contributed by atoms with Gasteiger partial charge in [-0.1, -0.05) is 0 Å². The molecule has 0 aromatic carbocycles. The summed E-state index contributed by atoms with van der Waals surface area (Å²) in [5.41, 5.74) is 0. The fraction of sp³-hybridized carbons (Fsp3) is 0.500. The molecule has 0 saturated heterocycles. The second-order valence-electron chi connectivity index (χ2n) is 2.04. The molecule has 0 atom stereocenters. The quantitative estimate of drug-likeness (QED) is 0.719. The summed E-state index contributed by atoms with van der Waals surface area (Å²) in [5.74, 6) is 1.50. The highest BCUT2D eigenvalue weighted by Gasteiger charge is 2.02. The van der Waals surface area contributed by atoms with E-state index < -0.39 is 0 Å². The van der Waals surface area contributed by atoms with Crippen LogP contribution in [-0.2, 0) is 0 Å². The van der Waals surface area contributed by atoms with Crippen LogP contribution in [0.1, 0.15) is 13.8 Å². The molecule has 0 unspecified atom stereocenters. The van der Waals surface area contributed by atoms with Gasteiger partial charge in [-0.05, 0) is 13.8 Å². The van der Waals surface area contributed by atoms with Crippen LogP contribution in [0.5, 0.6) is 11.6 Å². The third-order valence-electron chi connectivity index (χ3n) is 1.26. The fourth-order valence-electron chi connectivity index (χ4n) is 0.866. The van der Waals surface area contributed by atoms with Crippen molar-refractivity contribution >= 4 is 0 Å². The molecule has 1 N–H and O–H groups in total. The predicted octanol–water partition coefficient (Wildman–Crippen LogP) is 1.81. The van der Waals surface area contributed by atoms with E-state index in [1.807, 2.05) is 19.9 Å². The molecule has 0 aliphatic heterocycles. The molecular weight excluding hydrogens is 142 g/mol. The molecule has 1 aromatic heterocycles. The molecule has 1 heterocycles. The molecule has 0 bridgehead atoms. The van der Waals surface area contributed by atoms with Gasteiger partial charge in [0.25, 0.3) is 0 Å². The summed E-state index contributed by atoms with van der Waals surface area (Å²) in [4.78, 5) is 2.94. The number of rotatable bonds is 4. The molecular formula is C8H13NO2. The van der Waals surface area contributed by atoms with Gasteiger partial charge in [-0.25, -0.2) is 0 Å². The third-order valence-corrected chi connectivity index (χ3v) is 1.26. The van der Waals surface area contributed by atoms with E-state index in [0.717, 1.165) is 5.75 Å². The second kappa shape index (κ2) is 3.91. The van der Waals surface area contributed by atoms with Gasteiger partial charge in [0.05, 0.1) is 13.2 Å². The van der Waals surface area contributed by atoms with Gasteiger partial charge in [-0.2, -0.15) is 0 Å².